The second-order valence-corrected chi connectivity index (χ2v) is 4.67. The molecule has 1 aromatic rings. The Morgan fingerprint density at radius 3 is 2.55 bits per heavy atom. The van der Waals surface area contributed by atoms with E-state index in [0.717, 1.165) is 17.0 Å². The Morgan fingerprint density at radius 1 is 1.40 bits per heavy atom. The molecule has 1 aromatic heterocycles. The molecule has 0 radical (unpaired) electrons. The monoisotopic (exact) mass is 282 g/mol. The minimum Gasteiger partial charge on any atom is -0.467 e. The van der Waals surface area contributed by atoms with Gasteiger partial charge in [-0.3, -0.25) is 4.68 Å². The molecule has 112 valence electrons. The largest absolute Gasteiger partial charge is 0.467 e. The van der Waals surface area contributed by atoms with Crippen molar-refractivity contribution in [2.24, 2.45) is 7.05 Å². The topological polar surface area (TPSA) is 85.2 Å². The molecule has 0 spiro atoms. The fraction of sp³-hybridized carbons (Fsp3) is 0.615. The molecule has 0 fully saturated rings. The zero-order valence-electron chi connectivity index (χ0n) is 12.6. The molecule has 0 saturated heterocycles. The number of amides is 2. The summed E-state index contributed by atoms with van der Waals surface area (Å²) in [4.78, 5) is 22.7. The molecule has 0 saturated carbocycles. The summed E-state index contributed by atoms with van der Waals surface area (Å²) >= 11 is 0. The van der Waals surface area contributed by atoms with Crippen molar-refractivity contribution in [3.8, 4) is 0 Å². The van der Waals surface area contributed by atoms with Gasteiger partial charge in [0.05, 0.1) is 12.8 Å². The maximum absolute atomic E-state index is 11.6. The second kappa shape index (κ2) is 6.93. The van der Waals surface area contributed by atoms with Gasteiger partial charge in [-0.1, -0.05) is 0 Å². The van der Waals surface area contributed by atoms with E-state index in [1.54, 1.807) is 6.92 Å². The molecule has 7 nitrogen and oxygen atoms in total. The van der Waals surface area contributed by atoms with E-state index >= 15 is 0 Å². The summed E-state index contributed by atoms with van der Waals surface area (Å²) in [6, 6.07) is -1.05. The number of esters is 1. The van der Waals surface area contributed by atoms with E-state index in [0.29, 0.717) is 13.0 Å². The summed E-state index contributed by atoms with van der Waals surface area (Å²) < 4.78 is 6.35. The molecule has 0 unspecified atom stereocenters. The van der Waals surface area contributed by atoms with Crippen LogP contribution >= 0.6 is 0 Å². The lowest BCUT2D eigenvalue weighted by Crippen LogP contribution is -2.45. The minimum atomic E-state index is -0.665. The fourth-order valence-corrected chi connectivity index (χ4v) is 1.96. The molecule has 0 aromatic carbocycles. The molecule has 7 heteroatoms. The molecule has 2 N–H and O–H groups in total. The van der Waals surface area contributed by atoms with E-state index in [1.807, 2.05) is 25.6 Å². The Balaban J connectivity index is 2.41. The number of nitrogens with one attached hydrogen (secondary N) is 2. The number of aromatic nitrogens is 2. The molecule has 20 heavy (non-hydrogen) atoms. The summed E-state index contributed by atoms with van der Waals surface area (Å²) in [5.41, 5.74) is 3.19. The van der Waals surface area contributed by atoms with Crippen LogP contribution in [0.5, 0.6) is 0 Å². The summed E-state index contributed by atoms with van der Waals surface area (Å²) in [6.45, 7) is 5.99. The first-order valence-electron chi connectivity index (χ1n) is 6.48. The van der Waals surface area contributed by atoms with Crippen LogP contribution in [0.4, 0.5) is 4.79 Å². The highest BCUT2D eigenvalue weighted by Crippen LogP contribution is 2.11. The van der Waals surface area contributed by atoms with Crippen LogP contribution in [0.3, 0.4) is 0 Å². The summed E-state index contributed by atoms with van der Waals surface area (Å²) in [5, 5.41) is 9.53. The number of hydrogen-bond donors (Lipinski definition) is 2. The number of carbonyl (C=O) groups is 2. The van der Waals surface area contributed by atoms with Crippen LogP contribution in [0, 0.1) is 13.8 Å². The van der Waals surface area contributed by atoms with Crippen LogP contribution in [-0.2, 0) is 23.0 Å². The van der Waals surface area contributed by atoms with Gasteiger partial charge >= 0.3 is 12.0 Å². The van der Waals surface area contributed by atoms with Gasteiger partial charge in [0, 0.05) is 19.3 Å². The van der Waals surface area contributed by atoms with Crippen LogP contribution < -0.4 is 10.6 Å². The van der Waals surface area contributed by atoms with Crippen molar-refractivity contribution in [2.75, 3.05) is 13.7 Å². The minimum absolute atomic E-state index is 0.387. The number of ether oxygens (including phenoxy) is 1. The van der Waals surface area contributed by atoms with Crippen LogP contribution in [0.1, 0.15) is 23.9 Å². The third-order valence-electron chi connectivity index (χ3n) is 3.22. The van der Waals surface area contributed by atoms with Crippen LogP contribution in [0.2, 0.25) is 0 Å². The first-order chi connectivity index (χ1) is 9.36. The molecule has 0 aliphatic heterocycles. The van der Waals surface area contributed by atoms with Crippen molar-refractivity contribution in [3.05, 3.63) is 17.0 Å². The van der Waals surface area contributed by atoms with Gasteiger partial charge in [-0.05, 0) is 32.8 Å². The first-order valence-corrected chi connectivity index (χ1v) is 6.48. The third kappa shape index (κ3) is 3.97. The Morgan fingerprint density at radius 2 is 2.05 bits per heavy atom. The average Bonchev–Trinajstić information content (AvgIpc) is 2.63. The van der Waals surface area contributed by atoms with Gasteiger partial charge in [0.25, 0.3) is 0 Å². The van der Waals surface area contributed by atoms with Crippen molar-refractivity contribution in [2.45, 2.75) is 33.2 Å². The van der Waals surface area contributed by atoms with E-state index in [2.05, 4.69) is 20.5 Å². The number of nitrogens with zero attached hydrogens (tertiary/aromatic N) is 2. The molecule has 0 aliphatic carbocycles. The molecule has 0 bridgehead atoms. The molecule has 0 aliphatic rings. The normalized spacial score (nSPS) is 11.8. The van der Waals surface area contributed by atoms with Crippen LogP contribution in [0.25, 0.3) is 0 Å². The summed E-state index contributed by atoms with van der Waals surface area (Å²) in [7, 11) is 3.18. The molecule has 2 amide bonds. The number of aryl methyl sites for hydroxylation is 2. The van der Waals surface area contributed by atoms with Crippen molar-refractivity contribution in [1.82, 2.24) is 20.4 Å². The van der Waals surface area contributed by atoms with Gasteiger partial charge in [-0.25, -0.2) is 9.59 Å². The number of urea groups is 1. The van der Waals surface area contributed by atoms with Crippen molar-refractivity contribution < 1.29 is 14.3 Å². The Kier molecular flexibility index (Phi) is 5.54. The van der Waals surface area contributed by atoms with Crippen LogP contribution in [0.15, 0.2) is 0 Å². The zero-order chi connectivity index (χ0) is 15.3. The maximum Gasteiger partial charge on any atom is 0.328 e. The highest BCUT2D eigenvalue weighted by Gasteiger charge is 2.15. The van der Waals surface area contributed by atoms with E-state index in [4.69, 9.17) is 0 Å². The lowest BCUT2D eigenvalue weighted by Gasteiger charge is -2.12. The van der Waals surface area contributed by atoms with E-state index in [9.17, 15) is 9.59 Å². The predicted octanol–water partition coefficient (Wildman–Crippen LogP) is 0.440. The lowest BCUT2D eigenvalue weighted by molar-refractivity contribution is -0.142. The molecule has 1 rings (SSSR count). The van der Waals surface area contributed by atoms with E-state index < -0.39 is 12.0 Å². The molecular formula is C13H22N4O3. The smallest absolute Gasteiger partial charge is 0.328 e. The van der Waals surface area contributed by atoms with E-state index in [1.165, 1.54) is 7.11 Å². The number of rotatable bonds is 5. The van der Waals surface area contributed by atoms with Gasteiger partial charge < -0.3 is 15.4 Å². The van der Waals surface area contributed by atoms with Gasteiger partial charge in [0.1, 0.15) is 6.04 Å². The predicted molar refractivity (Wildman–Crippen MR) is 74.4 cm³/mol. The first kappa shape index (κ1) is 16.0. The van der Waals surface area contributed by atoms with Gasteiger partial charge in [0.15, 0.2) is 0 Å². The van der Waals surface area contributed by atoms with Crippen molar-refractivity contribution in [3.63, 3.8) is 0 Å². The molecule has 1 atom stereocenters. The van der Waals surface area contributed by atoms with Gasteiger partial charge in [0.2, 0.25) is 0 Å². The fourth-order valence-electron chi connectivity index (χ4n) is 1.96. The summed E-state index contributed by atoms with van der Waals surface area (Å²) in [6.07, 6.45) is 0.700. The quantitative estimate of drug-likeness (QED) is 0.767. The summed E-state index contributed by atoms with van der Waals surface area (Å²) in [5.74, 6) is -0.473. The van der Waals surface area contributed by atoms with Crippen LogP contribution in [-0.4, -0.2) is 41.5 Å². The maximum atomic E-state index is 11.6. The average molecular weight is 282 g/mol. The van der Waals surface area contributed by atoms with E-state index in [-0.39, 0.29) is 6.03 Å². The zero-order valence-corrected chi connectivity index (χ0v) is 12.6. The molecule has 1 heterocycles. The Labute approximate surface area is 118 Å². The Hall–Kier alpha value is -2.05. The highest BCUT2D eigenvalue weighted by molar-refractivity contribution is 5.83. The third-order valence-corrected chi connectivity index (χ3v) is 3.22. The number of methoxy groups -OCH3 is 1. The van der Waals surface area contributed by atoms with Gasteiger partial charge in [-0.2, -0.15) is 5.10 Å². The lowest BCUT2D eigenvalue weighted by atomic mass is 10.1. The number of hydrogen-bond acceptors (Lipinski definition) is 4. The van der Waals surface area contributed by atoms with Gasteiger partial charge in [-0.15, -0.1) is 0 Å². The standard InChI is InChI=1S/C13H22N4O3/c1-8-11(10(3)17(4)16-8)6-7-14-13(19)15-9(2)12(18)20-5/h9H,6-7H2,1-5H3,(H2,14,15,19)/t9-/m0/s1. The Bertz CT molecular complexity index is 496. The molecular weight excluding hydrogens is 260 g/mol. The van der Waals surface area contributed by atoms with Crippen molar-refractivity contribution in [1.29, 1.82) is 0 Å². The SMILES string of the molecule is COC(=O)[C@H](C)NC(=O)NCCc1c(C)nn(C)c1C. The second-order valence-electron chi connectivity index (χ2n) is 4.67. The highest BCUT2D eigenvalue weighted by atomic mass is 16.5. The number of carbonyl (C=O) groups excluding carboxylic acids is 2. The van der Waals surface area contributed by atoms with Crippen molar-refractivity contribution >= 4 is 12.0 Å².